The number of rotatable bonds is 4. The van der Waals surface area contributed by atoms with E-state index in [2.05, 4.69) is 14.2 Å². The van der Waals surface area contributed by atoms with Gasteiger partial charge in [-0.15, -0.1) is 0 Å². The summed E-state index contributed by atoms with van der Waals surface area (Å²) in [4.78, 5) is 23.6. The molecule has 0 aliphatic carbocycles. The van der Waals surface area contributed by atoms with Crippen molar-refractivity contribution < 1.29 is 54.5 Å². The monoisotopic (exact) mass is 453 g/mol. The molecule has 2 aromatic rings. The van der Waals surface area contributed by atoms with E-state index in [9.17, 15) is 40.3 Å². The lowest BCUT2D eigenvalue weighted by Crippen LogP contribution is -2.52. The fourth-order valence-corrected chi connectivity index (χ4v) is 2.85. The van der Waals surface area contributed by atoms with E-state index < -0.39 is 81.9 Å². The third-order valence-corrected chi connectivity index (χ3v) is 4.28. The molecule has 13 heteroatoms. The normalized spacial score (nSPS) is 14.7. The summed E-state index contributed by atoms with van der Waals surface area (Å²) in [6, 6.07) is 0.641. The molecule has 0 unspecified atom stereocenters. The van der Waals surface area contributed by atoms with E-state index in [-0.39, 0.29) is 11.0 Å². The Labute approximate surface area is 168 Å². The second-order valence-electron chi connectivity index (χ2n) is 6.05. The van der Waals surface area contributed by atoms with Gasteiger partial charge < -0.3 is 14.2 Å². The molecule has 0 radical (unpaired) electrons. The molecule has 2 aromatic carbocycles. The van der Waals surface area contributed by atoms with Crippen molar-refractivity contribution in [3.63, 3.8) is 0 Å². The molecule has 0 aromatic heterocycles. The highest BCUT2D eigenvalue weighted by Gasteiger charge is 2.51. The van der Waals surface area contributed by atoms with Gasteiger partial charge in [0.25, 0.3) is 0 Å². The Morgan fingerprint density at radius 2 is 1.61 bits per heavy atom. The predicted molar refractivity (Wildman–Crippen MR) is 88.2 cm³/mol. The van der Waals surface area contributed by atoms with Gasteiger partial charge in [0, 0.05) is 11.6 Å². The van der Waals surface area contributed by atoms with E-state index in [1.807, 2.05) is 0 Å². The lowest BCUT2D eigenvalue weighted by molar-refractivity contribution is -0.193. The highest BCUT2D eigenvalue weighted by Crippen LogP contribution is 2.45. The van der Waals surface area contributed by atoms with Gasteiger partial charge in [-0.2, -0.15) is 17.6 Å². The maximum absolute atomic E-state index is 14.5. The number of benzene rings is 2. The zero-order valence-electron chi connectivity index (χ0n) is 15.5. The van der Waals surface area contributed by atoms with Gasteiger partial charge >= 0.3 is 18.0 Å². The zero-order chi connectivity index (χ0) is 23.2. The van der Waals surface area contributed by atoms with Gasteiger partial charge in [-0.25, -0.2) is 13.2 Å². The van der Waals surface area contributed by atoms with Crippen LogP contribution in [0.4, 0.5) is 36.4 Å². The maximum Gasteiger partial charge on any atom is 0.482 e. The smallest absolute Gasteiger partial charge is 0.482 e. The summed E-state index contributed by atoms with van der Waals surface area (Å²) in [5, 5.41) is 0. The Morgan fingerprint density at radius 1 is 1.03 bits per heavy atom. The van der Waals surface area contributed by atoms with Crippen LogP contribution >= 0.6 is 0 Å². The topological polar surface area (TPSA) is 65.1 Å². The minimum absolute atomic E-state index is 0.111. The van der Waals surface area contributed by atoms with Crippen LogP contribution in [0.5, 0.6) is 11.5 Å². The molecule has 1 amide bonds. The Kier molecular flexibility index (Phi) is 5.46. The molecule has 1 aliphatic rings. The van der Waals surface area contributed by atoms with Crippen molar-refractivity contribution >= 4 is 17.6 Å². The van der Waals surface area contributed by atoms with Gasteiger partial charge in [0.05, 0.1) is 25.5 Å². The SMILES string of the molecule is COC(=O)CN1C(=O)C(F)(F)Oc2cc(F)c(-c3c(F)c(F)c(OC)c(F)c3F)cc21. The summed E-state index contributed by atoms with van der Waals surface area (Å²) in [5.74, 6) is -15.4. The first kappa shape index (κ1) is 22.2. The number of hydrogen-bond acceptors (Lipinski definition) is 5. The van der Waals surface area contributed by atoms with Crippen LogP contribution in [0.3, 0.4) is 0 Å². The van der Waals surface area contributed by atoms with Crippen molar-refractivity contribution in [3.8, 4) is 22.6 Å². The Hall–Kier alpha value is -3.51. The molecule has 1 aliphatic heterocycles. The summed E-state index contributed by atoms with van der Waals surface area (Å²) in [6.07, 6.45) is -4.51. The standard InChI is InChI=1S/C18H10F7NO5/c1-29-10(27)5-26-8-3-6(7(19)4-9(8)31-18(24,25)17(26)28)11-12(20)14(22)16(30-2)15(23)13(11)21/h3-4H,5H2,1-2H3. The zero-order valence-corrected chi connectivity index (χ0v) is 15.5. The van der Waals surface area contributed by atoms with Crippen LogP contribution in [0.1, 0.15) is 0 Å². The summed E-state index contributed by atoms with van der Waals surface area (Å²) in [6.45, 7) is -1.11. The lowest BCUT2D eigenvalue weighted by Gasteiger charge is -2.33. The number of fused-ring (bicyclic) bond motifs is 1. The molecule has 1 heterocycles. The first-order valence-corrected chi connectivity index (χ1v) is 8.14. The van der Waals surface area contributed by atoms with Crippen LogP contribution in [0.25, 0.3) is 11.1 Å². The average molecular weight is 453 g/mol. The van der Waals surface area contributed by atoms with Gasteiger partial charge in [0.1, 0.15) is 12.4 Å². The number of ether oxygens (including phenoxy) is 3. The molecule has 3 rings (SSSR count). The van der Waals surface area contributed by atoms with Gasteiger partial charge in [-0.1, -0.05) is 0 Å². The highest BCUT2D eigenvalue weighted by molar-refractivity contribution is 6.04. The average Bonchev–Trinajstić information content (AvgIpc) is 2.71. The molecule has 0 saturated heterocycles. The molecule has 166 valence electrons. The van der Waals surface area contributed by atoms with E-state index in [1.54, 1.807) is 0 Å². The van der Waals surface area contributed by atoms with E-state index >= 15 is 0 Å². The number of nitrogens with zero attached hydrogens (tertiary/aromatic N) is 1. The number of esters is 1. The summed E-state index contributed by atoms with van der Waals surface area (Å²) < 4.78 is 112. The number of carbonyl (C=O) groups is 2. The van der Waals surface area contributed by atoms with E-state index in [1.165, 1.54) is 0 Å². The number of carbonyl (C=O) groups excluding carboxylic acids is 2. The molecule has 0 atom stereocenters. The molecule has 31 heavy (non-hydrogen) atoms. The van der Waals surface area contributed by atoms with Gasteiger partial charge in [0.2, 0.25) is 11.6 Å². The number of alkyl halides is 2. The van der Waals surface area contributed by atoms with Crippen molar-refractivity contribution in [2.75, 3.05) is 25.7 Å². The fraction of sp³-hybridized carbons (Fsp3) is 0.222. The molecule has 0 fully saturated rings. The minimum atomic E-state index is -4.51. The molecule has 0 N–H and O–H groups in total. The predicted octanol–water partition coefficient (Wildman–Crippen LogP) is 3.55. The van der Waals surface area contributed by atoms with E-state index in [0.717, 1.165) is 14.2 Å². The van der Waals surface area contributed by atoms with Crippen molar-refractivity contribution in [1.29, 1.82) is 0 Å². The molecule has 0 bridgehead atoms. The van der Waals surface area contributed by atoms with Crippen LogP contribution in [-0.4, -0.2) is 38.7 Å². The van der Waals surface area contributed by atoms with Crippen molar-refractivity contribution in [2.45, 2.75) is 6.11 Å². The van der Waals surface area contributed by atoms with Gasteiger partial charge in [0.15, 0.2) is 23.1 Å². The largest absolute Gasteiger partial charge is 0.491 e. The van der Waals surface area contributed by atoms with Crippen LogP contribution in [0.15, 0.2) is 12.1 Å². The minimum Gasteiger partial charge on any atom is -0.491 e. The number of anilines is 1. The fourth-order valence-electron chi connectivity index (χ4n) is 2.85. The third kappa shape index (κ3) is 3.49. The summed E-state index contributed by atoms with van der Waals surface area (Å²) in [7, 11) is 1.61. The highest BCUT2D eigenvalue weighted by atomic mass is 19.3. The van der Waals surface area contributed by atoms with E-state index in [0.29, 0.717) is 6.07 Å². The van der Waals surface area contributed by atoms with Crippen molar-refractivity contribution in [1.82, 2.24) is 0 Å². The second kappa shape index (κ2) is 7.63. The summed E-state index contributed by atoms with van der Waals surface area (Å²) >= 11 is 0. The van der Waals surface area contributed by atoms with Crippen LogP contribution in [0, 0.1) is 29.1 Å². The van der Waals surface area contributed by atoms with Gasteiger partial charge in [-0.3, -0.25) is 14.5 Å². The lowest BCUT2D eigenvalue weighted by atomic mass is 10.0. The van der Waals surface area contributed by atoms with Gasteiger partial charge in [-0.05, 0) is 6.07 Å². The second-order valence-corrected chi connectivity index (χ2v) is 6.05. The van der Waals surface area contributed by atoms with Crippen LogP contribution < -0.4 is 14.4 Å². The quantitative estimate of drug-likeness (QED) is 0.403. The Bertz CT molecular complexity index is 1080. The molecular formula is C18H10F7NO5. The maximum atomic E-state index is 14.5. The molecule has 0 saturated carbocycles. The molecular weight excluding hydrogens is 443 g/mol. The number of methoxy groups -OCH3 is 2. The number of halogens is 7. The Balaban J connectivity index is 2.28. The molecule has 0 spiro atoms. The number of hydrogen-bond donors (Lipinski definition) is 0. The van der Waals surface area contributed by atoms with Crippen LogP contribution in [-0.2, 0) is 14.3 Å². The first-order valence-electron chi connectivity index (χ1n) is 8.14. The first-order chi connectivity index (χ1) is 14.4. The van der Waals surface area contributed by atoms with Crippen molar-refractivity contribution in [3.05, 3.63) is 41.2 Å². The Morgan fingerprint density at radius 3 is 2.13 bits per heavy atom. The van der Waals surface area contributed by atoms with Crippen molar-refractivity contribution in [2.24, 2.45) is 0 Å². The van der Waals surface area contributed by atoms with E-state index in [4.69, 9.17) is 0 Å². The number of amides is 1. The van der Waals surface area contributed by atoms with Crippen LogP contribution in [0.2, 0.25) is 0 Å². The third-order valence-electron chi connectivity index (χ3n) is 4.28. The summed E-state index contributed by atoms with van der Waals surface area (Å²) in [5.41, 5.74) is -3.42. The molecule has 6 nitrogen and oxygen atoms in total.